The molecule has 0 bridgehead atoms. The highest BCUT2D eigenvalue weighted by Gasteiger charge is 2.38. The van der Waals surface area contributed by atoms with Gasteiger partial charge in [0.25, 0.3) is 0 Å². The SMILES string of the molecule is COc1cc2c(cc1-c1coc(/C=C/C(=O)O)c1)C(C)(C)CCC2(C)C. The summed E-state index contributed by atoms with van der Waals surface area (Å²) in [5.41, 5.74) is 4.74. The highest BCUT2D eigenvalue weighted by atomic mass is 16.5. The van der Waals surface area contributed by atoms with E-state index < -0.39 is 5.97 Å². The van der Waals surface area contributed by atoms with Crippen molar-refractivity contribution >= 4 is 12.0 Å². The zero-order chi connectivity index (χ0) is 19.1. The van der Waals surface area contributed by atoms with Crippen LogP contribution in [-0.4, -0.2) is 18.2 Å². The maximum absolute atomic E-state index is 10.7. The van der Waals surface area contributed by atoms with Gasteiger partial charge in [-0.1, -0.05) is 27.7 Å². The third-order valence-corrected chi connectivity index (χ3v) is 5.49. The summed E-state index contributed by atoms with van der Waals surface area (Å²) in [5, 5.41) is 8.77. The number of hydrogen-bond acceptors (Lipinski definition) is 3. The number of hydrogen-bond donors (Lipinski definition) is 1. The first-order chi connectivity index (χ1) is 12.1. The Balaban J connectivity index is 2.13. The Labute approximate surface area is 154 Å². The third kappa shape index (κ3) is 3.28. The Kier molecular flexibility index (Phi) is 4.47. The Morgan fingerprint density at radius 2 is 1.73 bits per heavy atom. The van der Waals surface area contributed by atoms with E-state index in [-0.39, 0.29) is 10.8 Å². The van der Waals surface area contributed by atoms with Gasteiger partial charge in [-0.05, 0) is 59.1 Å². The second-order valence-corrected chi connectivity index (χ2v) is 8.28. The van der Waals surface area contributed by atoms with Crippen molar-refractivity contribution < 1.29 is 19.1 Å². The molecule has 0 spiro atoms. The average molecular weight is 354 g/mol. The summed E-state index contributed by atoms with van der Waals surface area (Å²) in [6.45, 7) is 9.14. The molecule has 0 atom stereocenters. The summed E-state index contributed by atoms with van der Waals surface area (Å²) in [6, 6.07) is 6.21. The van der Waals surface area contributed by atoms with E-state index in [2.05, 4.69) is 39.8 Å². The van der Waals surface area contributed by atoms with E-state index in [1.54, 1.807) is 13.4 Å². The van der Waals surface area contributed by atoms with Crippen molar-refractivity contribution in [1.29, 1.82) is 0 Å². The van der Waals surface area contributed by atoms with Gasteiger partial charge in [0.2, 0.25) is 0 Å². The van der Waals surface area contributed by atoms with Gasteiger partial charge in [0.15, 0.2) is 0 Å². The highest BCUT2D eigenvalue weighted by molar-refractivity contribution is 5.85. The summed E-state index contributed by atoms with van der Waals surface area (Å²) >= 11 is 0. The van der Waals surface area contributed by atoms with Crippen molar-refractivity contribution in [3.8, 4) is 16.9 Å². The summed E-state index contributed by atoms with van der Waals surface area (Å²) in [4.78, 5) is 10.7. The van der Waals surface area contributed by atoms with Crippen LogP contribution in [0.4, 0.5) is 0 Å². The number of fused-ring (bicyclic) bond motifs is 1. The molecule has 0 unspecified atom stereocenters. The van der Waals surface area contributed by atoms with Gasteiger partial charge < -0.3 is 14.3 Å². The molecular weight excluding hydrogens is 328 g/mol. The maximum atomic E-state index is 10.7. The molecular formula is C22H26O4. The number of ether oxygens (including phenoxy) is 1. The molecule has 138 valence electrons. The van der Waals surface area contributed by atoms with Crippen molar-refractivity contribution in [2.75, 3.05) is 7.11 Å². The molecule has 26 heavy (non-hydrogen) atoms. The van der Waals surface area contributed by atoms with Crippen LogP contribution >= 0.6 is 0 Å². The molecule has 0 aliphatic heterocycles. The van der Waals surface area contributed by atoms with Crippen LogP contribution in [0.2, 0.25) is 0 Å². The summed E-state index contributed by atoms with van der Waals surface area (Å²) in [7, 11) is 1.68. The first-order valence-corrected chi connectivity index (χ1v) is 8.87. The molecule has 0 saturated carbocycles. The topological polar surface area (TPSA) is 59.7 Å². The maximum Gasteiger partial charge on any atom is 0.328 e. The predicted molar refractivity (Wildman–Crippen MR) is 103 cm³/mol. The van der Waals surface area contributed by atoms with Crippen molar-refractivity contribution in [1.82, 2.24) is 0 Å². The molecule has 1 heterocycles. The van der Waals surface area contributed by atoms with Gasteiger partial charge in [-0.3, -0.25) is 0 Å². The Morgan fingerprint density at radius 3 is 2.31 bits per heavy atom. The Bertz CT molecular complexity index is 868. The van der Waals surface area contributed by atoms with Crippen LogP contribution in [0.15, 0.2) is 35.0 Å². The molecule has 1 aliphatic rings. The van der Waals surface area contributed by atoms with E-state index in [9.17, 15) is 4.79 Å². The lowest BCUT2D eigenvalue weighted by molar-refractivity contribution is -0.131. The fraction of sp³-hybridized carbons (Fsp3) is 0.409. The second-order valence-electron chi connectivity index (χ2n) is 8.28. The van der Waals surface area contributed by atoms with Crippen molar-refractivity contribution in [2.45, 2.75) is 51.4 Å². The van der Waals surface area contributed by atoms with Gasteiger partial charge >= 0.3 is 5.97 Å². The van der Waals surface area contributed by atoms with E-state index in [1.165, 1.54) is 17.2 Å². The number of furan rings is 1. The minimum atomic E-state index is -1.00. The molecule has 1 aromatic carbocycles. The quantitative estimate of drug-likeness (QED) is 0.747. The summed E-state index contributed by atoms with van der Waals surface area (Å²) in [5.74, 6) is 0.309. The lowest BCUT2D eigenvalue weighted by atomic mass is 9.63. The summed E-state index contributed by atoms with van der Waals surface area (Å²) in [6.07, 6.45) is 6.44. The highest BCUT2D eigenvalue weighted by Crippen LogP contribution is 2.49. The van der Waals surface area contributed by atoms with Gasteiger partial charge in [-0.2, -0.15) is 0 Å². The van der Waals surface area contributed by atoms with E-state index in [0.29, 0.717) is 5.76 Å². The van der Waals surface area contributed by atoms with Gasteiger partial charge in [-0.25, -0.2) is 4.79 Å². The molecule has 2 aromatic rings. The fourth-order valence-corrected chi connectivity index (χ4v) is 3.72. The smallest absolute Gasteiger partial charge is 0.328 e. The third-order valence-electron chi connectivity index (χ3n) is 5.49. The van der Waals surface area contributed by atoms with Crippen LogP contribution < -0.4 is 4.74 Å². The number of methoxy groups -OCH3 is 1. The molecule has 0 fully saturated rings. The molecule has 0 saturated heterocycles. The number of carboxylic acids is 1. The number of rotatable bonds is 4. The predicted octanol–water partition coefficient (Wildman–Crippen LogP) is 5.40. The van der Waals surface area contributed by atoms with Crippen LogP contribution in [0.5, 0.6) is 5.75 Å². The average Bonchev–Trinajstić information content (AvgIpc) is 3.05. The van der Waals surface area contributed by atoms with Crippen LogP contribution in [0.25, 0.3) is 17.2 Å². The molecule has 0 amide bonds. The molecule has 1 aliphatic carbocycles. The molecule has 0 radical (unpaired) electrons. The normalized spacial score (nSPS) is 17.9. The monoisotopic (exact) mass is 354 g/mol. The van der Waals surface area contributed by atoms with Crippen molar-refractivity contribution in [3.63, 3.8) is 0 Å². The van der Waals surface area contributed by atoms with Gasteiger partial charge in [0.05, 0.1) is 13.4 Å². The minimum Gasteiger partial charge on any atom is -0.496 e. The van der Waals surface area contributed by atoms with Crippen LogP contribution in [0.3, 0.4) is 0 Å². The lowest BCUT2D eigenvalue weighted by Crippen LogP contribution is -2.33. The van der Waals surface area contributed by atoms with Crippen molar-refractivity contribution in [2.24, 2.45) is 0 Å². The molecule has 1 N–H and O–H groups in total. The Hall–Kier alpha value is -2.49. The zero-order valence-corrected chi connectivity index (χ0v) is 16.1. The number of aliphatic carboxylic acids is 1. The second kappa shape index (κ2) is 6.35. The number of benzene rings is 1. The van der Waals surface area contributed by atoms with E-state index in [1.807, 2.05) is 6.07 Å². The van der Waals surface area contributed by atoms with Gasteiger partial charge in [0.1, 0.15) is 11.5 Å². The van der Waals surface area contributed by atoms with Gasteiger partial charge in [0, 0.05) is 17.2 Å². The van der Waals surface area contributed by atoms with E-state index in [4.69, 9.17) is 14.3 Å². The van der Waals surface area contributed by atoms with Crippen molar-refractivity contribution in [3.05, 3.63) is 47.4 Å². The Morgan fingerprint density at radius 1 is 1.12 bits per heavy atom. The van der Waals surface area contributed by atoms with Crippen LogP contribution in [0.1, 0.15) is 57.4 Å². The van der Waals surface area contributed by atoms with E-state index >= 15 is 0 Å². The molecule has 4 nitrogen and oxygen atoms in total. The van der Waals surface area contributed by atoms with Gasteiger partial charge in [-0.15, -0.1) is 0 Å². The number of carbonyl (C=O) groups is 1. The molecule has 1 aromatic heterocycles. The van der Waals surface area contributed by atoms with E-state index in [0.717, 1.165) is 35.8 Å². The first kappa shape index (κ1) is 18.3. The standard InChI is InChI=1S/C22H26O4/c1-21(2)8-9-22(3,4)18-12-19(25-5)16(11-17(18)21)14-10-15(26-13-14)6-7-20(23)24/h6-7,10-13H,8-9H2,1-5H3,(H,23,24)/b7-6+. The molecule has 3 rings (SSSR count). The fourth-order valence-electron chi connectivity index (χ4n) is 3.72. The summed E-state index contributed by atoms with van der Waals surface area (Å²) < 4.78 is 11.2. The van der Waals surface area contributed by atoms with Crippen LogP contribution in [0, 0.1) is 0 Å². The first-order valence-electron chi connectivity index (χ1n) is 8.87. The lowest BCUT2D eigenvalue weighted by Gasteiger charge is -2.42. The molecule has 4 heteroatoms. The largest absolute Gasteiger partial charge is 0.496 e. The zero-order valence-electron chi connectivity index (χ0n) is 16.1. The number of carboxylic acid groups (broad SMARTS) is 1. The van der Waals surface area contributed by atoms with Crippen LogP contribution in [-0.2, 0) is 15.6 Å². The minimum absolute atomic E-state index is 0.0989.